The zero-order valence-electron chi connectivity index (χ0n) is 41.5. The van der Waals surface area contributed by atoms with Gasteiger partial charge in [0, 0.05) is 6.42 Å². The summed E-state index contributed by atoms with van der Waals surface area (Å²) in [6, 6.07) is -0.704. The average Bonchev–Trinajstić information content (AvgIpc) is 3.26. The van der Waals surface area contributed by atoms with Gasteiger partial charge in [-0.3, -0.25) is 9.59 Å². The van der Waals surface area contributed by atoms with Gasteiger partial charge in [-0.2, -0.15) is 0 Å². The Balaban J connectivity index is 4.59. The minimum Gasteiger partial charge on any atom is -0.462 e. The lowest BCUT2D eigenvalue weighted by atomic mass is 10.0. The second-order valence-electron chi connectivity index (χ2n) is 18.7. The molecule has 0 aromatic heterocycles. The van der Waals surface area contributed by atoms with E-state index in [2.05, 4.69) is 62.5 Å². The van der Waals surface area contributed by atoms with Crippen molar-refractivity contribution in [1.29, 1.82) is 0 Å². The normalized spacial score (nSPS) is 13.4. The molecule has 0 aromatic rings. The van der Waals surface area contributed by atoms with E-state index < -0.39 is 18.2 Å². The largest absolute Gasteiger partial charge is 0.462 e. The molecule has 62 heavy (non-hydrogen) atoms. The summed E-state index contributed by atoms with van der Waals surface area (Å²) in [7, 11) is 0. The average molecular weight is 872 g/mol. The highest BCUT2D eigenvalue weighted by Crippen LogP contribution is 2.18. The van der Waals surface area contributed by atoms with E-state index in [4.69, 9.17) is 4.74 Å². The summed E-state index contributed by atoms with van der Waals surface area (Å²) in [6.45, 7) is 6.46. The first-order valence-electron chi connectivity index (χ1n) is 27.2. The highest BCUT2D eigenvalue weighted by atomic mass is 16.5. The molecule has 0 aliphatic rings. The Hall–Kier alpha value is -1.92. The fourth-order valence-electron chi connectivity index (χ4n) is 8.30. The van der Waals surface area contributed by atoms with Gasteiger partial charge in [-0.05, 0) is 77.0 Å². The highest BCUT2D eigenvalue weighted by Gasteiger charge is 2.24. The number of rotatable bonds is 49. The number of allylic oxidation sites excluding steroid dienone is 6. The molecule has 3 N–H and O–H groups in total. The molecule has 0 aliphatic carbocycles. The van der Waals surface area contributed by atoms with Crippen LogP contribution >= 0.6 is 0 Å². The molecule has 6 nitrogen and oxygen atoms in total. The summed E-state index contributed by atoms with van der Waals surface area (Å²) >= 11 is 0. The van der Waals surface area contributed by atoms with Crippen LogP contribution in [0.4, 0.5) is 0 Å². The summed E-state index contributed by atoms with van der Waals surface area (Å²) in [6.07, 6.45) is 59.1. The number of carbonyl (C=O) groups excluding carboxylic acids is 2. The summed E-state index contributed by atoms with van der Waals surface area (Å²) in [5.41, 5.74) is 0. The van der Waals surface area contributed by atoms with Gasteiger partial charge in [0.15, 0.2) is 0 Å². The Bertz CT molecular complexity index is 1020. The van der Waals surface area contributed by atoms with Crippen LogP contribution in [0.25, 0.3) is 0 Å². The van der Waals surface area contributed by atoms with Gasteiger partial charge < -0.3 is 20.3 Å². The maximum atomic E-state index is 13.2. The zero-order valence-corrected chi connectivity index (χ0v) is 41.5. The SMILES string of the molecule is CCCCC/C=C/C=C/CCCCCCCCC(=O)OC(CCCCCCC/C=C/CCCCCCCC)CC(=O)NC(CO)C(O)CCCCCCCCCCCCCCC. The molecule has 0 bridgehead atoms. The van der Waals surface area contributed by atoms with E-state index >= 15 is 0 Å². The summed E-state index contributed by atoms with van der Waals surface area (Å²) < 4.78 is 5.94. The van der Waals surface area contributed by atoms with Gasteiger partial charge in [-0.15, -0.1) is 0 Å². The lowest BCUT2D eigenvalue weighted by molar-refractivity contribution is -0.151. The fraction of sp³-hybridized carbons (Fsp3) is 0.857. The van der Waals surface area contributed by atoms with E-state index in [9.17, 15) is 19.8 Å². The lowest BCUT2D eigenvalue weighted by Crippen LogP contribution is -2.46. The third kappa shape index (κ3) is 44.7. The number of esters is 1. The van der Waals surface area contributed by atoms with Gasteiger partial charge in [-0.25, -0.2) is 0 Å². The van der Waals surface area contributed by atoms with Crippen LogP contribution < -0.4 is 5.32 Å². The van der Waals surface area contributed by atoms with Crippen molar-refractivity contribution >= 4 is 11.9 Å². The maximum absolute atomic E-state index is 13.2. The molecule has 0 rings (SSSR count). The van der Waals surface area contributed by atoms with Crippen molar-refractivity contribution in [1.82, 2.24) is 5.32 Å². The molecule has 3 atom stereocenters. The number of nitrogens with one attached hydrogen (secondary N) is 1. The zero-order chi connectivity index (χ0) is 45.2. The topological polar surface area (TPSA) is 95.9 Å². The van der Waals surface area contributed by atoms with Crippen LogP contribution in [-0.4, -0.2) is 46.9 Å². The third-order valence-corrected chi connectivity index (χ3v) is 12.5. The van der Waals surface area contributed by atoms with Crippen molar-refractivity contribution in [2.45, 2.75) is 302 Å². The number of aliphatic hydroxyl groups is 2. The van der Waals surface area contributed by atoms with E-state index in [1.54, 1.807) is 0 Å². The van der Waals surface area contributed by atoms with Crippen LogP contribution in [0.1, 0.15) is 284 Å². The van der Waals surface area contributed by atoms with Gasteiger partial charge in [0.05, 0.1) is 25.2 Å². The molecule has 0 radical (unpaired) electrons. The second kappa shape index (κ2) is 50.1. The molecule has 0 saturated carbocycles. The minimum absolute atomic E-state index is 0.0696. The molecule has 0 aromatic carbocycles. The van der Waals surface area contributed by atoms with Crippen molar-refractivity contribution in [3.63, 3.8) is 0 Å². The van der Waals surface area contributed by atoms with Gasteiger partial charge in [0.1, 0.15) is 6.10 Å². The van der Waals surface area contributed by atoms with Crippen molar-refractivity contribution in [3.8, 4) is 0 Å². The predicted octanol–water partition coefficient (Wildman–Crippen LogP) is 16.5. The predicted molar refractivity (Wildman–Crippen MR) is 269 cm³/mol. The van der Waals surface area contributed by atoms with Crippen LogP contribution in [0.15, 0.2) is 36.5 Å². The van der Waals surface area contributed by atoms with E-state index in [1.807, 2.05) is 0 Å². The first-order chi connectivity index (χ1) is 30.5. The van der Waals surface area contributed by atoms with Crippen molar-refractivity contribution in [2.24, 2.45) is 0 Å². The Morgan fingerprint density at radius 1 is 0.468 bits per heavy atom. The number of aliphatic hydroxyl groups excluding tert-OH is 2. The van der Waals surface area contributed by atoms with Crippen LogP contribution in [0.3, 0.4) is 0 Å². The molecular weight excluding hydrogens is 767 g/mol. The van der Waals surface area contributed by atoms with Gasteiger partial charge in [-0.1, -0.05) is 231 Å². The number of carbonyl (C=O) groups is 2. The number of hydrogen-bond acceptors (Lipinski definition) is 5. The smallest absolute Gasteiger partial charge is 0.306 e. The number of unbranched alkanes of at least 4 members (excludes halogenated alkanes) is 32. The van der Waals surface area contributed by atoms with E-state index in [0.717, 1.165) is 70.6 Å². The summed E-state index contributed by atoms with van der Waals surface area (Å²) in [4.78, 5) is 26.2. The molecule has 364 valence electrons. The molecule has 3 unspecified atom stereocenters. The minimum atomic E-state index is -0.790. The molecule has 0 heterocycles. The first kappa shape index (κ1) is 60.1. The Morgan fingerprint density at radius 3 is 1.27 bits per heavy atom. The van der Waals surface area contributed by atoms with Gasteiger partial charge in [0.2, 0.25) is 5.91 Å². The lowest BCUT2D eigenvalue weighted by Gasteiger charge is -2.24. The van der Waals surface area contributed by atoms with Crippen molar-refractivity contribution in [2.75, 3.05) is 6.61 Å². The molecule has 0 spiro atoms. The molecule has 1 amide bonds. The number of amides is 1. The Kier molecular flexibility index (Phi) is 48.5. The maximum Gasteiger partial charge on any atom is 0.306 e. The summed E-state index contributed by atoms with van der Waals surface area (Å²) in [5, 5.41) is 23.8. The van der Waals surface area contributed by atoms with Crippen LogP contribution in [0.2, 0.25) is 0 Å². The van der Waals surface area contributed by atoms with Crippen LogP contribution in [0.5, 0.6) is 0 Å². The fourth-order valence-corrected chi connectivity index (χ4v) is 8.30. The third-order valence-electron chi connectivity index (χ3n) is 12.5. The van der Waals surface area contributed by atoms with Gasteiger partial charge in [0.25, 0.3) is 0 Å². The standard InChI is InChI=1S/C56H105NO5/c1-4-7-10-13-16-19-22-25-27-30-32-35-38-41-44-47-52(62-56(61)49-46-43-40-37-34-31-28-26-23-20-17-14-11-8-5-2)50-55(60)57-53(51-58)54(59)48-45-42-39-36-33-29-24-21-18-15-12-9-6-3/h17,20,23,25-27,52-54,58-59H,4-16,18-19,21-22,24,28-51H2,1-3H3,(H,57,60)/b20-17+,26-23+,27-25+. The van der Waals surface area contributed by atoms with Gasteiger partial charge >= 0.3 is 5.97 Å². The monoisotopic (exact) mass is 872 g/mol. The first-order valence-corrected chi connectivity index (χ1v) is 27.2. The van der Waals surface area contributed by atoms with Crippen molar-refractivity contribution < 1.29 is 24.5 Å². The highest BCUT2D eigenvalue weighted by molar-refractivity contribution is 5.77. The van der Waals surface area contributed by atoms with Crippen molar-refractivity contribution in [3.05, 3.63) is 36.5 Å². The van der Waals surface area contributed by atoms with Crippen LogP contribution in [0, 0.1) is 0 Å². The quantitative estimate of drug-likeness (QED) is 0.0245. The van der Waals surface area contributed by atoms with Crippen LogP contribution in [-0.2, 0) is 14.3 Å². The second-order valence-corrected chi connectivity index (χ2v) is 18.7. The summed E-state index contributed by atoms with van der Waals surface area (Å²) in [5.74, 6) is -0.485. The van der Waals surface area contributed by atoms with E-state index in [1.165, 1.54) is 167 Å². The molecule has 0 aliphatic heterocycles. The number of hydrogen-bond donors (Lipinski definition) is 3. The number of ether oxygens (including phenoxy) is 1. The Morgan fingerprint density at radius 2 is 0.823 bits per heavy atom. The Labute approximate surface area is 385 Å². The van der Waals surface area contributed by atoms with E-state index in [0.29, 0.717) is 19.3 Å². The molecule has 0 fully saturated rings. The van der Waals surface area contributed by atoms with E-state index in [-0.39, 0.29) is 24.9 Å². The molecule has 0 saturated heterocycles. The molecule has 6 heteroatoms. The molecular formula is C56H105NO5.